The minimum atomic E-state index is 0.0847. The van der Waals surface area contributed by atoms with Gasteiger partial charge >= 0.3 is 0 Å². The lowest BCUT2D eigenvalue weighted by Gasteiger charge is -2.24. The zero-order valence-corrected chi connectivity index (χ0v) is 14.8. The van der Waals surface area contributed by atoms with Gasteiger partial charge in [0.05, 0.1) is 5.56 Å². The van der Waals surface area contributed by atoms with E-state index in [-0.39, 0.29) is 5.91 Å². The second kappa shape index (κ2) is 7.65. The molecular formula is C22H27NO. The van der Waals surface area contributed by atoms with Gasteiger partial charge in [-0.3, -0.25) is 4.79 Å². The normalized spacial score (nSPS) is 15.9. The van der Waals surface area contributed by atoms with E-state index in [9.17, 15) is 4.79 Å². The maximum absolute atomic E-state index is 13.1. The highest BCUT2D eigenvalue weighted by Gasteiger charge is 2.21. The van der Waals surface area contributed by atoms with E-state index in [1.165, 1.54) is 24.8 Å². The largest absolute Gasteiger partial charge is 0.349 e. The molecule has 0 heterocycles. The second-order valence-electron chi connectivity index (χ2n) is 6.71. The van der Waals surface area contributed by atoms with Crippen molar-refractivity contribution in [3.05, 3.63) is 53.1 Å². The van der Waals surface area contributed by atoms with Crippen molar-refractivity contribution in [2.45, 2.75) is 58.4 Å². The third-order valence-electron chi connectivity index (χ3n) is 5.06. The third kappa shape index (κ3) is 3.38. The van der Waals surface area contributed by atoms with E-state index >= 15 is 0 Å². The number of hydrogen-bond donors (Lipinski definition) is 1. The predicted molar refractivity (Wildman–Crippen MR) is 102 cm³/mol. The molecule has 1 aliphatic rings. The van der Waals surface area contributed by atoms with Crippen LogP contribution in [0.3, 0.4) is 0 Å². The average Bonchev–Trinajstić information content (AvgIpc) is 2.62. The van der Waals surface area contributed by atoms with E-state index in [4.69, 9.17) is 0 Å². The Balaban J connectivity index is 2.08. The van der Waals surface area contributed by atoms with Gasteiger partial charge in [0.2, 0.25) is 0 Å². The van der Waals surface area contributed by atoms with Crippen LogP contribution in [0.4, 0.5) is 0 Å². The third-order valence-corrected chi connectivity index (χ3v) is 5.06. The molecule has 2 aromatic rings. The Morgan fingerprint density at radius 2 is 1.96 bits per heavy atom. The molecule has 1 fully saturated rings. The Labute approximate surface area is 145 Å². The average molecular weight is 321 g/mol. The summed E-state index contributed by atoms with van der Waals surface area (Å²) in [4.78, 5) is 13.1. The molecule has 0 aliphatic heterocycles. The van der Waals surface area contributed by atoms with Crippen molar-refractivity contribution in [2.75, 3.05) is 0 Å². The summed E-state index contributed by atoms with van der Waals surface area (Å²) in [6, 6.07) is 10.8. The summed E-state index contributed by atoms with van der Waals surface area (Å²) < 4.78 is 0. The van der Waals surface area contributed by atoms with Crippen LogP contribution in [0, 0.1) is 0 Å². The minimum absolute atomic E-state index is 0.0847. The number of nitrogens with one attached hydrogen (secondary N) is 1. The molecule has 24 heavy (non-hydrogen) atoms. The summed E-state index contributed by atoms with van der Waals surface area (Å²) in [5.74, 6) is 0.0847. The van der Waals surface area contributed by atoms with Gasteiger partial charge in [-0.05, 0) is 48.1 Å². The quantitative estimate of drug-likeness (QED) is 0.791. The maximum Gasteiger partial charge on any atom is 0.252 e. The highest BCUT2D eigenvalue weighted by molar-refractivity contribution is 6.10. The molecule has 3 rings (SSSR count). The number of carbonyl (C=O) groups excluding carboxylic acids is 1. The molecule has 1 saturated carbocycles. The first-order valence-corrected chi connectivity index (χ1v) is 9.22. The Morgan fingerprint density at radius 3 is 2.67 bits per heavy atom. The summed E-state index contributed by atoms with van der Waals surface area (Å²) >= 11 is 0. The molecule has 0 spiro atoms. The number of hydrogen-bond acceptors (Lipinski definition) is 1. The number of fused-ring (bicyclic) bond motifs is 1. The Bertz CT molecular complexity index is 754. The number of amides is 1. The van der Waals surface area contributed by atoms with Crippen LogP contribution in [0.5, 0.6) is 0 Å². The summed E-state index contributed by atoms with van der Waals surface area (Å²) in [5.41, 5.74) is 3.15. The van der Waals surface area contributed by atoms with Crippen molar-refractivity contribution in [3.63, 3.8) is 0 Å². The molecule has 2 heteroatoms. The number of rotatable bonds is 4. The van der Waals surface area contributed by atoms with Crippen molar-refractivity contribution in [3.8, 4) is 0 Å². The predicted octanol–water partition coefficient (Wildman–Crippen LogP) is 5.50. The molecular weight excluding hydrogens is 294 g/mol. The van der Waals surface area contributed by atoms with Crippen LogP contribution < -0.4 is 5.32 Å². The van der Waals surface area contributed by atoms with Gasteiger partial charge in [-0.15, -0.1) is 0 Å². The van der Waals surface area contributed by atoms with Crippen molar-refractivity contribution >= 4 is 22.8 Å². The van der Waals surface area contributed by atoms with Gasteiger partial charge in [0.1, 0.15) is 0 Å². The molecule has 0 aromatic heterocycles. The van der Waals surface area contributed by atoms with Gasteiger partial charge in [0.15, 0.2) is 0 Å². The molecule has 1 aliphatic carbocycles. The number of allylic oxidation sites excluding steroid dienone is 1. The molecule has 2 aromatic carbocycles. The van der Waals surface area contributed by atoms with E-state index in [1.54, 1.807) is 0 Å². The van der Waals surface area contributed by atoms with Gasteiger partial charge in [-0.2, -0.15) is 0 Å². The molecule has 1 amide bonds. The fourth-order valence-corrected chi connectivity index (χ4v) is 3.82. The van der Waals surface area contributed by atoms with Crippen LogP contribution in [0.2, 0.25) is 0 Å². The highest BCUT2D eigenvalue weighted by Crippen LogP contribution is 2.28. The molecule has 0 atom stereocenters. The van der Waals surface area contributed by atoms with Crippen molar-refractivity contribution in [1.29, 1.82) is 0 Å². The summed E-state index contributed by atoms with van der Waals surface area (Å²) in [7, 11) is 0. The molecule has 0 radical (unpaired) electrons. The lowest BCUT2D eigenvalue weighted by atomic mass is 9.90. The zero-order chi connectivity index (χ0) is 16.9. The topological polar surface area (TPSA) is 29.1 Å². The Morgan fingerprint density at radius 1 is 1.21 bits per heavy atom. The lowest BCUT2D eigenvalue weighted by molar-refractivity contribution is 0.0929. The SMILES string of the molecule is C/C=C\c1c(CC)cc2ccccc2c1C(=O)NC1CCCCC1. The van der Waals surface area contributed by atoms with E-state index in [2.05, 4.69) is 36.5 Å². The molecule has 0 saturated heterocycles. The fraction of sp³-hybridized carbons (Fsp3) is 0.409. The first-order valence-electron chi connectivity index (χ1n) is 9.22. The minimum Gasteiger partial charge on any atom is -0.349 e. The lowest BCUT2D eigenvalue weighted by Crippen LogP contribution is -2.36. The van der Waals surface area contributed by atoms with E-state index in [0.29, 0.717) is 6.04 Å². The Hall–Kier alpha value is -2.09. The van der Waals surface area contributed by atoms with Crippen LogP contribution in [0.25, 0.3) is 16.8 Å². The second-order valence-corrected chi connectivity index (χ2v) is 6.71. The van der Waals surface area contributed by atoms with Crippen LogP contribution >= 0.6 is 0 Å². The highest BCUT2D eigenvalue weighted by atomic mass is 16.1. The molecule has 1 N–H and O–H groups in total. The maximum atomic E-state index is 13.1. The van der Waals surface area contributed by atoms with E-state index < -0.39 is 0 Å². The molecule has 0 bridgehead atoms. The standard InChI is InChI=1S/C22H27NO/c1-3-10-19-16(4-2)15-17-11-8-9-14-20(17)21(19)22(24)23-18-12-6-5-7-13-18/h3,8-11,14-15,18H,4-7,12-13H2,1-2H3,(H,23,24)/b10-3-. The number of aryl methyl sites for hydroxylation is 1. The van der Waals surface area contributed by atoms with Gasteiger partial charge < -0.3 is 5.32 Å². The first-order chi connectivity index (χ1) is 11.7. The first kappa shape index (κ1) is 16.8. The summed E-state index contributed by atoms with van der Waals surface area (Å²) in [5, 5.41) is 5.51. The van der Waals surface area contributed by atoms with Gasteiger partial charge in [0.25, 0.3) is 5.91 Å². The monoisotopic (exact) mass is 321 g/mol. The van der Waals surface area contributed by atoms with Crippen LogP contribution in [-0.4, -0.2) is 11.9 Å². The Kier molecular flexibility index (Phi) is 5.34. The smallest absolute Gasteiger partial charge is 0.252 e. The summed E-state index contributed by atoms with van der Waals surface area (Å²) in [6.07, 6.45) is 11.0. The van der Waals surface area contributed by atoms with Crippen LogP contribution in [-0.2, 0) is 6.42 Å². The van der Waals surface area contributed by atoms with Crippen molar-refractivity contribution in [1.82, 2.24) is 5.32 Å². The van der Waals surface area contributed by atoms with Gasteiger partial charge in [-0.25, -0.2) is 0 Å². The van der Waals surface area contributed by atoms with Gasteiger partial charge in [-0.1, -0.05) is 68.7 Å². The van der Waals surface area contributed by atoms with E-state index in [1.807, 2.05) is 25.1 Å². The van der Waals surface area contributed by atoms with Gasteiger partial charge in [0, 0.05) is 6.04 Å². The van der Waals surface area contributed by atoms with Crippen molar-refractivity contribution in [2.24, 2.45) is 0 Å². The number of benzene rings is 2. The fourth-order valence-electron chi connectivity index (χ4n) is 3.82. The summed E-state index contributed by atoms with van der Waals surface area (Å²) in [6.45, 7) is 4.16. The van der Waals surface area contributed by atoms with Crippen LogP contribution in [0.15, 0.2) is 36.4 Å². The molecule has 2 nitrogen and oxygen atoms in total. The van der Waals surface area contributed by atoms with Crippen molar-refractivity contribution < 1.29 is 4.79 Å². The van der Waals surface area contributed by atoms with E-state index in [0.717, 1.165) is 41.2 Å². The van der Waals surface area contributed by atoms with Crippen LogP contribution in [0.1, 0.15) is 67.4 Å². The molecule has 0 unspecified atom stereocenters. The number of carbonyl (C=O) groups is 1. The zero-order valence-electron chi connectivity index (χ0n) is 14.8. The molecule has 126 valence electrons.